The van der Waals surface area contributed by atoms with Gasteiger partial charge in [-0.2, -0.15) is 5.10 Å². The molecule has 0 fully saturated rings. The van der Waals surface area contributed by atoms with Crippen LogP contribution >= 0.6 is 45.8 Å². The maximum atomic E-state index is 12.3. The largest absolute Gasteiger partial charge is 0.493 e. The van der Waals surface area contributed by atoms with E-state index in [0.717, 1.165) is 5.56 Å². The van der Waals surface area contributed by atoms with Gasteiger partial charge in [0.05, 0.1) is 16.9 Å². The van der Waals surface area contributed by atoms with Gasteiger partial charge in [0.15, 0.2) is 18.1 Å². The molecule has 0 heterocycles. The van der Waals surface area contributed by atoms with Gasteiger partial charge >= 0.3 is 0 Å². The van der Waals surface area contributed by atoms with Crippen LogP contribution < -0.4 is 20.2 Å². The Hall–Kier alpha value is -2.82. The second-order valence-electron chi connectivity index (χ2n) is 7.04. The van der Waals surface area contributed by atoms with E-state index in [1.54, 1.807) is 48.5 Å². The molecule has 3 aromatic carbocycles. The third-order valence-electron chi connectivity index (χ3n) is 4.54. The predicted molar refractivity (Wildman–Crippen MR) is 143 cm³/mol. The Morgan fingerprint density at radius 2 is 1.82 bits per heavy atom. The van der Waals surface area contributed by atoms with Crippen molar-refractivity contribution in [2.24, 2.45) is 5.10 Å². The van der Waals surface area contributed by atoms with Crippen molar-refractivity contribution in [1.82, 2.24) is 5.43 Å². The highest BCUT2D eigenvalue weighted by Crippen LogP contribution is 2.33. The third-order valence-corrected chi connectivity index (χ3v) is 6.00. The lowest BCUT2D eigenvalue weighted by atomic mass is 10.2. The lowest BCUT2D eigenvalue weighted by Crippen LogP contribution is -2.20. The van der Waals surface area contributed by atoms with Gasteiger partial charge in [0.1, 0.15) is 0 Å². The number of aryl methyl sites for hydroxylation is 1. The number of ether oxygens (including phenoxy) is 2. The Morgan fingerprint density at radius 1 is 1.09 bits per heavy atom. The van der Waals surface area contributed by atoms with E-state index in [1.165, 1.54) is 13.3 Å². The van der Waals surface area contributed by atoms with Gasteiger partial charge in [-0.05, 0) is 89.2 Å². The number of halogens is 3. The van der Waals surface area contributed by atoms with Crippen LogP contribution in [-0.2, 0) is 4.79 Å². The van der Waals surface area contributed by atoms with Crippen LogP contribution in [-0.4, -0.2) is 31.7 Å². The number of nitrogens with one attached hydrogen (secondary N) is 2. The lowest BCUT2D eigenvalue weighted by molar-refractivity contribution is -0.118. The average Bonchev–Trinajstić information content (AvgIpc) is 2.80. The van der Waals surface area contributed by atoms with E-state index < -0.39 is 0 Å². The number of hydrazone groups is 1. The van der Waals surface area contributed by atoms with E-state index in [9.17, 15) is 9.59 Å². The molecule has 7 nitrogen and oxygen atoms in total. The van der Waals surface area contributed by atoms with Crippen molar-refractivity contribution in [2.75, 3.05) is 19.0 Å². The molecule has 0 atom stereocenters. The second-order valence-corrected chi connectivity index (χ2v) is 9.05. The highest BCUT2D eigenvalue weighted by Gasteiger charge is 2.14. The molecule has 0 aliphatic rings. The molecule has 3 aromatic rings. The van der Waals surface area contributed by atoms with Crippen LogP contribution in [0, 0.1) is 10.5 Å². The zero-order valence-corrected chi connectivity index (χ0v) is 21.9. The lowest BCUT2D eigenvalue weighted by Gasteiger charge is -2.14. The van der Waals surface area contributed by atoms with Gasteiger partial charge in [-0.15, -0.1) is 0 Å². The highest BCUT2D eigenvalue weighted by molar-refractivity contribution is 14.1. The quantitative estimate of drug-likeness (QED) is 0.194. The van der Waals surface area contributed by atoms with Crippen LogP contribution in [0.5, 0.6) is 11.5 Å². The van der Waals surface area contributed by atoms with Crippen molar-refractivity contribution in [3.8, 4) is 11.5 Å². The molecule has 0 aliphatic carbocycles. The fourth-order valence-corrected chi connectivity index (χ4v) is 3.88. The summed E-state index contributed by atoms with van der Waals surface area (Å²) in [6.07, 6.45) is 1.48. The summed E-state index contributed by atoms with van der Waals surface area (Å²) >= 11 is 14.0. The molecule has 10 heteroatoms. The molecule has 2 N–H and O–H groups in total. The number of benzene rings is 3. The predicted octanol–water partition coefficient (Wildman–Crippen LogP) is 5.70. The number of hydrogen-bond donors (Lipinski definition) is 2. The Bertz CT molecular complexity index is 1230. The maximum absolute atomic E-state index is 12.3. The number of amides is 2. The Labute approximate surface area is 220 Å². The Balaban J connectivity index is 1.62. The third kappa shape index (κ3) is 7.09. The SMILES string of the molecule is COc1cc(/C=N/NC(=O)c2ccc(Cl)cc2)cc(I)c1OCC(=O)Nc1ccc(C)c(Cl)c1. The summed E-state index contributed by atoms with van der Waals surface area (Å²) in [4.78, 5) is 24.5. The normalized spacial score (nSPS) is 10.7. The van der Waals surface area contributed by atoms with E-state index in [2.05, 4.69) is 38.4 Å². The molecule has 2 amide bonds. The Kier molecular flexibility index (Phi) is 9.14. The van der Waals surface area contributed by atoms with Crippen molar-refractivity contribution in [3.63, 3.8) is 0 Å². The molecule has 0 aromatic heterocycles. The van der Waals surface area contributed by atoms with Crippen molar-refractivity contribution < 1.29 is 19.1 Å². The highest BCUT2D eigenvalue weighted by atomic mass is 127. The summed E-state index contributed by atoms with van der Waals surface area (Å²) in [5.74, 6) is 0.134. The number of methoxy groups -OCH3 is 1. The zero-order valence-electron chi connectivity index (χ0n) is 18.2. The van der Waals surface area contributed by atoms with Gasteiger partial charge < -0.3 is 14.8 Å². The van der Waals surface area contributed by atoms with E-state index in [1.807, 2.05) is 13.0 Å². The van der Waals surface area contributed by atoms with Crippen molar-refractivity contribution in [2.45, 2.75) is 6.92 Å². The standard InChI is InChI=1S/C24H20Cl2IN3O4/c1-14-3-8-18(11-19(14)26)29-22(31)13-34-23-20(27)9-15(10-21(23)33-2)12-28-30-24(32)16-4-6-17(25)7-5-16/h3-12H,13H2,1-2H3,(H,29,31)(H,30,32)/b28-12+. The molecule has 0 spiro atoms. The molecule has 0 radical (unpaired) electrons. The van der Waals surface area contributed by atoms with Gasteiger partial charge in [0.25, 0.3) is 11.8 Å². The number of nitrogens with zero attached hydrogens (tertiary/aromatic N) is 1. The summed E-state index contributed by atoms with van der Waals surface area (Å²) in [6.45, 7) is 1.66. The molecule has 0 aliphatic heterocycles. The van der Waals surface area contributed by atoms with Crippen LogP contribution in [0.1, 0.15) is 21.5 Å². The minimum Gasteiger partial charge on any atom is -0.493 e. The van der Waals surface area contributed by atoms with Crippen LogP contribution in [0.25, 0.3) is 0 Å². The molecule has 176 valence electrons. The summed E-state index contributed by atoms with van der Waals surface area (Å²) in [5.41, 5.74) is 5.07. The number of rotatable bonds is 8. The molecule has 0 saturated carbocycles. The van der Waals surface area contributed by atoms with E-state index >= 15 is 0 Å². The van der Waals surface area contributed by atoms with Crippen LogP contribution in [0.3, 0.4) is 0 Å². The number of anilines is 1. The second kappa shape index (κ2) is 12.0. The fraction of sp³-hybridized carbons (Fsp3) is 0.125. The van der Waals surface area contributed by atoms with Gasteiger partial charge in [-0.25, -0.2) is 5.43 Å². The summed E-state index contributed by atoms with van der Waals surface area (Å²) in [7, 11) is 1.50. The number of hydrogen-bond acceptors (Lipinski definition) is 5. The van der Waals surface area contributed by atoms with Gasteiger partial charge in [0, 0.05) is 21.3 Å². The average molecular weight is 612 g/mol. The van der Waals surface area contributed by atoms with Gasteiger partial charge in [-0.3, -0.25) is 9.59 Å². The first kappa shape index (κ1) is 25.8. The fourth-order valence-electron chi connectivity index (χ4n) is 2.79. The van der Waals surface area contributed by atoms with E-state index in [4.69, 9.17) is 32.7 Å². The summed E-state index contributed by atoms with van der Waals surface area (Å²) in [5, 5.41) is 7.84. The molecule has 0 saturated heterocycles. The first-order valence-corrected chi connectivity index (χ1v) is 11.8. The molecular formula is C24H20Cl2IN3O4. The van der Waals surface area contributed by atoms with Crippen molar-refractivity contribution in [1.29, 1.82) is 0 Å². The van der Waals surface area contributed by atoms with Gasteiger partial charge in [-0.1, -0.05) is 29.3 Å². The van der Waals surface area contributed by atoms with E-state index in [-0.39, 0.29) is 18.4 Å². The van der Waals surface area contributed by atoms with Gasteiger partial charge in [0.2, 0.25) is 0 Å². The minimum atomic E-state index is -0.365. The minimum absolute atomic E-state index is 0.220. The van der Waals surface area contributed by atoms with E-state index in [0.29, 0.717) is 41.9 Å². The summed E-state index contributed by atoms with van der Waals surface area (Å²) < 4.78 is 11.8. The molecule has 3 rings (SSSR count). The summed E-state index contributed by atoms with van der Waals surface area (Å²) in [6, 6.07) is 15.2. The van der Waals surface area contributed by atoms with Crippen LogP contribution in [0.4, 0.5) is 5.69 Å². The maximum Gasteiger partial charge on any atom is 0.271 e. The molecule has 0 unspecified atom stereocenters. The Morgan fingerprint density at radius 3 is 2.50 bits per heavy atom. The molecule has 0 bridgehead atoms. The number of carbonyl (C=O) groups excluding carboxylic acids is 2. The molecule has 34 heavy (non-hydrogen) atoms. The number of carbonyl (C=O) groups is 2. The van der Waals surface area contributed by atoms with Crippen molar-refractivity contribution in [3.05, 3.63) is 84.9 Å². The smallest absolute Gasteiger partial charge is 0.271 e. The van der Waals surface area contributed by atoms with Crippen molar-refractivity contribution >= 4 is 69.5 Å². The molecular weight excluding hydrogens is 592 g/mol. The van der Waals surface area contributed by atoms with Crippen LogP contribution in [0.15, 0.2) is 59.7 Å². The zero-order chi connectivity index (χ0) is 24.7. The first-order valence-electron chi connectivity index (χ1n) is 9.92. The topological polar surface area (TPSA) is 89.0 Å². The monoisotopic (exact) mass is 611 g/mol. The first-order chi connectivity index (χ1) is 16.3. The van der Waals surface area contributed by atoms with Crippen LogP contribution in [0.2, 0.25) is 10.0 Å².